The van der Waals surface area contributed by atoms with E-state index >= 15 is 0 Å². The Morgan fingerprint density at radius 3 is 2.83 bits per heavy atom. The van der Waals surface area contributed by atoms with E-state index in [1.54, 1.807) is 6.07 Å². The number of ether oxygens (including phenoxy) is 2. The minimum absolute atomic E-state index is 0.237. The summed E-state index contributed by atoms with van der Waals surface area (Å²) >= 11 is 0. The third-order valence-electron chi connectivity index (χ3n) is 2.55. The number of nitrogens with zero attached hydrogens (tertiary/aromatic N) is 2. The first-order chi connectivity index (χ1) is 8.74. The lowest BCUT2D eigenvalue weighted by Gasteiger charge is -2.09. The van der Waals surface area contributed by atoms with Crippen LogP contribution in [0.3, 0.4) is 0 Å². The van der Waals surface area contributed by atoms with Gasteiger partial charge in [-0.15, -0.1) is 0 Å². The fourth-order valence-corrected chi connectivity index (χ4v) is 1.62. The van der Waals surface area contributed by atoms with Gasteiger partial charge in [0, 0.05) is 11.8 Å². The van der Waals surface area contributed by atoms with Crippen LogP contribution >= 0.6 is 0 Å². The van der Waals surface area contributed by atoms with E-state index in [1.165, 1.54) is 6.33 Å². The Morgan fingerprint density at radius 2 is 1.94 bits per heavy atom. The number of rotatable bonds is 2. The number of hydrogen-bond donors (Lipinski definition) is 3. The van der Waals surface area contributed by atoms with E-state index in [1.807, 2.05) is 12.1 Å². The summed E-state index contributed by atoms with van der Waals surface area (Å²) in [4.78, 5) is 7.82. The molecule has 0 spiro atoms. The predicted octanol–water partition coefficient (Wildman–Crippen LogP) is 1.11. The Morgan fingerprint density at radius 1 is 1.11 bits per heavy atom. The van der Waals surface area contributed by atoms with Gasteiger partial charge in [0.05, 0.1) is 0 Å². The molecule has 92 valence electrons. The molecule has 7 nitrogen and oxygen atoms in total. The lowest BCUT2D eigenvalue weighted by Crippen LogP contribution is -2.04. The van der Waals surface area contributed by atoms with Crippen molar-refractivity contribution in [1.29, 1.82) is 0 Å². The van der Waals surface area contributed by atoms with Crippen molar-refractivity contribution < 1.29 is 9.47 Å². The van der Waals surface area contributed by atoms with E-state index in [0.717, 1.165) is 11.4 Å². The summed E-state index contributed by atoms with van der Waals surface area (Å²) in [6.45, 7) is 0.237. The molecule has 0 aliphatic carbocycles. The molecule has 0 radical (unpaired) electrons. The second kappa shape index (κ2) is 3.95. The Kier molecular flexibility index (Phi) is 2.30. The number of nitrogen functional groups attached to an aromatic ring is 2. The highest BCUT2D eigenvalue weighted by Crippen LogP contribution is 2.35. The zero-order chi connectivity index (χ0) is 12.5. The maximum Gasteiger partial charge on any atom is 0.231 e. The highest BCUT2D eigenvalue weighted by atomic mass is 16.7. The van der Waals surface area contributed by atoms with E-state index < -0.39 is 0 Å². The molecule has 0 saturated heterocycles. The molecule has 0 bridgehead atoms. The van der Waals surface area contributed by atoms with Crippen LogP contribution in [-0.4, -0.2) is 16.8 Å². The zero-order valence-corrected chi connectivity index (χ0v) is 9.38. The molecule has 5 N–H and O–H groups in total. The van der Waals surface area contributed by atoms with Crippen LogP contribution in [-0.2, 0) is 0 Å². The van der Waals surface area contributed by atoms with Crippen molar-refractivity contribution in [2.45, 2.75) is 0 Å². The quantitative estimate of drug-likeness (QED) is 0.727. The first-order valence-electron chi connectivity index (χ1n) is 5.26. The molecule has 1 aromatic carbocycles. The molecular formula is C11H11N5O2. The van der Waals surface area contributed by atoms with Crippen LogP contribution in [0.25, 0.3) is 0 Å². The average molecular weight is 245 g/mol. The highest BCUT2D eigenvalue weighted by molar-refractivity contribution is 5.76. The maximum absolute atomic E-state index is 5.77. The molecular weight excluding hydrogens is 234 g/mol. The van der Waals surface area contributed by atoms with Gasteiger partial charge in [-0.1, -0.05) is 0 Å². The molecule has 7 heteroatoms. The number of hydrogen-bond acceptors (Lipinski definition) is 7. The van der Waals surface area contributed by atoms with Crippen LogP contribution in [0.2, 0.25) is 0 Å². The smallest absolute Gasteiger partial charge is 0.231 e. The summed E-state index contributed by atoms with van der Waals surface area (Å²) in [5.74, 6) is 2.10. The van der Waals surface area contributed by atoms with Gasteiger partial charge in [0.15, 0.2) is 23.1 Å². The highest BCUT2D eigenvalue weighted by Gasteiger charge is 2.14. The first kappa shape index (κ1) is 10.5. The number of aromatic nitrogens is 2. The lowest BCUT2D eigenvalue weighted by molar-refractivity contribution is 0.174. The molecule has 3 rings (SSSR count). The number of fused-ring (bicyclic) bond motifs is 1. The van der Waals surface area contributed by atoms with Gasteiger partial charge in [0.25, 0.3) is 0 Å². The van der Waals surface area contributed by atoms with Crippen molar-refractivity contribution in [1.82, 2.24) is 9.97 Å². The van der Waals surface area contributed by atoms with E-state index in [2.05, 4.69) is 15.3 Å². The van der Waals surface area contributed by atoms with Gasteiger partial charge >= 0.3 is 0 Å². The molecule has 0 atom stereocenters. The van der Waals surface area contributed by atoms with Gasteiger partial charge < -0.3 is 26.3 Å². The molecule has 18 heavy (non-hydrogen) atoms. The minimum Gasteiger partial charge on any atom is -0.454 e. The van der Waals surface area contributed by atoms with Crippen LogP contribution in [0.15, 0.2) is 24.5 Å². The zero-order valence-electron chi connectivity index (χ0n) is 9.38. The van der Waals surface area contributed by atoms with Crippen molar-refractivity contribution in [2.24, 2.45) is 0 Å². The van der Waals surface area contributed by atoms with Gasteiger partial charge in [-0.2, -0.15) is 0 Å². The molecule has 1 aromatic heterocycles. The summed E-state index contributed by atoms with van der Waals surface area (Å²) in [7, 11) is 0. The van der Waals surface area contributed by atoms with Gasteiger partial charge in [0.1, 0.15) is 12.0 Å². The largest absolute Gasteiger partial charge is 0.454 e. The molecule has 1 aliphatic rings. The number of anilines is 4. The molecule has 0 fully saturated rings. The van der Waals surface area contributed by atoms with Gasteiger partial charge in [-0.3, -0.25) is 0 Å². The number of benzene rings is 1. The summed E-state index contributed by atoms with van der Waals surface area (Å²) in [5.41, 5.74) is 12.5. The van der Waals surface area contributed by atoms with Gasteiger partial charge in [0.2, 0.25) is 6.79 Å². The van der Waals surface area contributed by atoms with Crippen LogP contribution in [0.5, 0.6) is 11.5 Å². The summed E-state index contributed by atoms with van der Waals surface area (Å²) < 4.78 is 10.5. The molecule has 0 amide bonds. The topological polar surface area (TPSA) is 108 Å². The summed E-state index contributed by atoms with van der Waals surface area (Å²) in [6.07, 6.45) is 1.35. The summed E-state index contributed by atoms with van der Waals surface area (Å²) in [6, 6.07) is 5.46. The van der Waals surface area contributed by atoms with Crippen molar-refractivity contribution in [3.63, 3.8) is 0 Å². The van der Waals surface area contributed by atoms with Gasteiger partial charge in [-0.25, -0.2) is 9.97 Å². The third-order valence-corrected chi connectivity index (χ3v) is 2.55. The monoisotopic (exact) mass is 245 g/mol. The normalized spacial score (nSPS) is 12.4. The second-order valence-corrected chi connectivity index (χ2v) is 3.71. The molecule has 0 saturated carbocycles. The number of nitrogens with one attached hydrogen (secondary N) is 1. The standard InChI is InChI=1S/C11H11N5O2/c12-9-10(13)14-4-15-11(9)16-6-1-2-7-8(3-6)18-5-17-7/h1-4H,5,12H2,(H3,13,14,15,16). The maximum atomic E-state index is 5.77. The van der Waals surface area contributed by atoms with Crippen LogP contribution in [0.4, 0.5) is 23.0 Å². The number of nitrogens with two attached hydrogens (primary N) is 2. The Bertz CT molecular complexity index is 602. The van der Waals surface area contributed by atoms with Crippen molar-refractivity contribution in [3.05, 3.63) is 24.5 Å². The van der Waals surface area contributed by atoms with Crippen LogP contribution < -0.4 is 26.3 Å². The Balaban J connectivity index is 1.90. The molecule has 2 aromatic rings. The third kappa shape index (κ3) is 1.71. The molecule has 1 aliphatic heterocycles. The Labute approximate surface area is 103 Å². The average Bonchev–Trinajstić information content (AvgIpc) is 2.82. The second-order valence-electron chi connectivity index (χ2n) is 3.71. The van der Waals surface area contributed by atoms with E-state index in [0.29, 0.717) is 17.3 Å². The molecule has 0 unspecified atom stereocenters. The van der Waals surface area contributed by atoms with E-state index in [-0.39, 0.29) is 12.6 Å². The Hall–Kier alpha value is -2.70. The van der Waals surface area contributed by atoms with E-state index in [9.17, 15) is 0 Å². The fraction of sp³-hybridized carbons (Fsp3) is 0.0909. The van der Waals surface area contributed by atoms with Crippen LogP contribution in [0, 0.1) is 0 Å². The predicted molar refractivity (Wildman–Crippen MR) is 66.7 cm³/mol. The minimum atomic E-state index is 0.237. The summed E-state index contributed by atoms with van der Waals surface area (Å²) in [5, 5.41) is 3.05. The van der Waals surface area contributed by atoms with E-state index in [4.69, 9.17) is 20.9 Å². The first-order valence-corrected chi connectivity index (χ1v) is 5.26. The lowest BCUT2D eigenvalue weighted by atomic mass is 10.2. The van der Waals surface area contributed by atoms with Crippen LogP contribution in [0.1, 0.15) is 0 Å². The SMILES string of the molecule is Nc1ncnc(Nc2ccc3c(c2)OCO3)c1N. The van der Waals surface area contributed by atoms with Crippen molar-refractivity contribution in [2.75, 3.05) is 23.6 Å². The van der Waals surface area contributed by atoms with Gasteiger partial charge in [-0.05, 0) is 12.1 Å². The van der Waals surface area contributed by atoms with Crippen molar-refractivity contribution in [3.8, 4) is 11.5 Å². The fourth-order valence-electron chi connectivity index (χ4n) is 1.62. The van der Waals surface area contributed by atoms with Crippen molar-refractivity contribution >= 4 is 23.0 Å². The molecule has 2 heterocycles.